The number of amides is 1. The average molecular weight is 353 g/mol. The molecule has 1 amide bonds. The number of esters is 1. The number of carbonyl (C=O) groups excluding carboxylic acids is 2. The molecule has 0 fully saturated rings. The Morgan fingerprint density at radius 1 is 1.15 bits per heavy atom. The predicted molar refractivity (Wildman–Crippen MR) is 93.6 cm³/mol. The third-order valence-electron chi connectivity index (χ3n) is 3.54. The SMILES string of the molecule is Cc1ccc(NC(=O)COC(=O)c2ccn(-c3cccc(F)c3)n2)cc1. The van der Waals surface area contributed by atoms with Crippen LogP contribution in [0.4, 0.5) is 10.1 Å². The smallest absolute Gasteiger partial charge is 0.359 e. The summed E-state index contributed by atoms with van der Waals surface area (Å²) in [5.41, 5.74) is 2.19. The Balaban J connectivity index is 1.57. The van der Waals surface area contributed by atoms with E-state index >= 15 is 0 Å². The lowest BCUT2D eigenvalue weighted by Gasteiger charge is -2.06. The minimum Gasteiger partial charge on any atom is -0.451 e. The number of hydrogen-bond acceptors (Lipinski definition) is 4. The first-order valence-corrected chi connectivity index (χ1v) is 7.86. The Kier molecular flexibility index (Phi) is 5.07. The van der Waals surface area contributed by atoms with E-state index in [4.69, 9.17) is 4.74 Å². The molecule has 0 atom stereocenters. The fourth-order valence-electron chi connectivity index (χ4n) is 2.23. The number of rotatable bonds is 5. The molecule has 7 heteroatoms. The van der Waals surface area contributed by atoms with Crippen LogP contribution in [0.15, 0.2) is 60.8 Å². The van der Waals surface area contributed by atoms with E-state index < -0.39 is 24.3 Å². The molecule has 26 heavy (non-hydrogen) atoms. The fourth-order valence-corrected chi connectivity index (χ4v) is 2.23. The topological polar surface area (TPSA) is 73.2 Å². The molecule has 0 saturated heterocycles. The lowest BCUT2D eigenvalue weighted by atomic mass is 10.2. The van der Waals surface area contributed by atoms with Crippen molar-refractivity contribution >= 4 is 17.6 Å². The summed E-state index contributed by atoms with van der Waals surface area (Å²) in [5, 5.41) is 6.67. The van der Waals surface area contributed by atoms with Gasteiger partial charge in [-0.15, -0.1) is 0 Å². The summed E-state index contributed by atoms with van der Waals surface area (Å²) in [6, 6.07) is 14.5. The molecular weight excluding hydrogens is 337 g/mol. The molecule has 6 nitrogen and oxygen atoms in total. The molecule has 0 aliphatic heterocycles. The van der Waals surface area contributed by atoms with E-state index in [0.717, 1.165) is 5.56 Å². The molecule has 0 aliphatic rings. The molecule has 2 aromatic carbocycles. The Morgan fingerprint density at radius 3 is 2.65 bits per heavy atom. The molecule has 0 saturated carbocycles. The highest BCUT2D eigenvalue weighted by Gasteiger charge is 2.14. The standard InChI is InChI=1S/C19H16FN3O3/c1-13-5-7-15(8-6-13)21-18(24)12-26-19(25)17-9-10-23(22-17)16-4-2-3-14(20)11-16/h2-11H,12H2,1H3,(H,21,24). The van der Waals surface area contributed by atoms with Gasteiger partial charge in [0.15, 0.2) is 12.3 Å². The summed E-state index contributed by atoms with van der Waals surface area (Å²) in [4.78, 5) is 23.8. The Hall–Kier alpha value is -3.48. The third kappa shape index (κ3) is 4.32. The number of ether oxygens (including phenoxy) is 1. The van der Waals surface area contributed by atoms with Crippen molar-refractivity contribution in [3.63, 3.8) is 0 Å². The van der Waals surface area contributed by atoms with Gasteiger partial charge >= 0.3 is 5.97 Å². The Morgan fingerprint density at radius 2 is 1.92 bits per heavy atom. The number of carbonyl (C=O) groups is 2. The van der Waals surface area contributed by atoms with Crippen LogP contribution in [0.5, 0.6) is 0 Å². The van der Waals surface area contributed by atoms with E-state index in [1.807, 2.05) is 19.1 Å². The van der Waals surface area contributed by atoms with Crippen LogP contribution in [0.1, 0.15) is 16.1 Å². The fraction of sp³-hybridized carbons (Fsp3) is 0.105. The first kappa shape index (κ1) is 17.3. The highest BCUT2D eigenvalue weighted by molar-refractivity contribution is 5.94. The summed E-state index contributed by atoms with van der Waals surface area (Å²) in [7, 11) is 0. The van der Waals surface area contributed by atoms with Gasteiger partial charge in [0.2, 0.25) is 0 Å². The molecule has 1 N–H and O–H groups in total. The lowest BCUT2D eigenvalue weighted by molar-refractivity contribution is -0.119. The van der Waals surface area contributed by atoms with Crippen LogP contribution in [0.25, 0.3) is 5.69 Å². The second kappa shape index (κ2) is 7.60. The van der Waals surface area contributed by atoms with Crippen molar-refractivity contribution < 1.29 is 18.7 Å². The molecule has 132 valence electrons. The minimum absolute atomic E-state index is 0.0254. The summed E-state index contributed by atoms with van der Waals surface area (Å²) in [5.74, 6) is -1.60. The molecular formula is C19H16FN3O3. The van der Waals surface area contributed by atoms with E-state index in [1.54, 1.807) is 24.3 Å². The van der Waals surface area contributed by atoms with Crippen molar-refractivity contribution in [2.75, 3.05) is 11.9 Å². The minimum atomic E-state index is -0.737. The average Bonchev–Trinajstić information content (AvgIpc) is 3.12. The van der Waals surface area contributed by atoms with E-state index in [1.165, 1.54) is 29.1 Å². The molecule has 0 spiro atoms. The number of hydrogen-bond donors (Lipinski definition) is 1. The maximum Gasteiger partial charge on any atom is 0.359 e. The van der Waals surface area contributed by atoms with Crippen molar-refractivity contribution in [1.82, 2.24) is 9.78 Å². The summed E-state index contributed by atoms with van der Waals surface area (Å²) in [6.07, 6.45) is 1.51. The van der Waals surface area contributed by atoms with E-state index in [-0.39, 0.29) is 5.69 Å². The van der Waals surface area contributed by atoms with Crippen LogP contribution in [0.2, 0.25) is 0 Å². The summed E-state index contributed by atoms with van der Waals surface area (Å²) >= 11 is 0. The van der Waals surface area contributed by atoms with Crippen LogP contribution < -0.4 is 5.32 Å². The lowest BCUT2D eigenvalue weighted by Crippen LogP contribution is -2.21. The van der Waals surface area contributed by atoms with Gasteiger partial charge in [0.05, 0.1) is 5.69 Å². The van der Waals surface area contributed by atoms with Crippen molar-refractivity contribution in [3.05, 3.63) is 77.9 Å². The number of nitrogens with zero attached hydrogens (tertiary/aromatic N) is 2. The van der Waals surface area contributed by atoms with Crippen LogP contribution in [-0.2, 0) is 9.53 Å². The van der Waals surface area contributed by atoms with Crippen LogP contribution in [0, 0.1) is 12.7 Å². The summed E-state index contributed by atoms with van der Waals surface area (Å²) in [6.45, 7) is 1.51. The van der Waals surface area contributed by atoms with Gasteiger partial charge in [-0.2, -0.15) is 5.10 Å². The second-order valence-electron chi connectivity index (χ2n) is 5.62. The Labute approximate surface area is 149 Å². The zero-order valence-electron chi connectivity index (χ0n) is 14.0. The monoisotopic (exact) mass is 353 g/mol. The number of benzene rings is 2. The van der Waals surface area contributed by atoms with E-state index in [0.29, 0.717) is 11.4 Å². The van der Waals surface area contributed by atoms with E-state index in [2.05, 4.69) is 10.4 Å². The van der Waals surface area contributed by atoms with Crippen LogP contribution >= 0.6 is 0 Å². The van der Waals surface area contributed by atoms with Crippen molar-refractivity contribution in [1.29, 1.82) is 0 Å². The van der Waals surface area contributed by atoms with E-state index in [9.17, 15) is 14.0 Å². The molecule has 3 rings (SSSR count). The van der Waals surface area contributed by atoms with Gasteiger partial charge in [0.1, 0.15) is 5.82 Å². The largest absolute Gasteiger partial charge is 0.451 e. The van der Waals surface area contributed by atoms with Gasteiger partial charge in [-0.05, 0) is 43.3 Å². The highest BCUT2D eigenvalue weighted by atomic mass is 19.1. The van der Waals surface area contributed by atoms with Gasteiger partial charge in [0.25, 0.3) is 5.91 Å². The maximum atomic E-state index is 13.3. The molecule has 0 radical (unpaired) electrons. The highest BCUT2D eigenvalue weighted by Crippen LogP contribution is 2.11. The van der Waals surface area contributed by atoms with Crippen molar-refractivity contribution in [2.45, 2.75) is 6.92 Å². The number of aromatic nitrogens is 2. The second-order valence-corrected chi connectivity index (χ2v) is 5.62. The number of halogens is 1. The van der Waals surface area contributed by atoms with Gasteiger partial charge in [-0.25, -0.2) is 13.9 Å². The normalized spacial score (nSPS) is 10.4. The maximum absolute atomic E-state index is 13.3. The number of anilines is 1. The van der Waals surface area contributed by atoms with Gasteiger partial charge in [0, 0.05) is 11.9 Å². The van der Waals surface area contributed by atoms with Gasteiger partial charge in [-0.1, -0.05) is 23.8 Å². The van der Waals surface area contributed by atoms with Gasteiger partial charge in [-0.3, -0.25) is 4.79 Å². The van der Waals surface area contributed by atoms with Crippen molar-refractivity contribution in [3.8, 4) is 5.69 Å². The zero-order chi connectivity index (χ0) is 18.5. The first-order valence-electron chi connectivity index (χ1n) is 7.86. The zero-order valence-corrected chi connectivity index (χ0v) is 14.0. The molecule has 1 aromatic heterocycles. The quantitative estimate of drug-likeness (QED) is 0.715. The molecule has 0 bridgehead atoms. The third-order valence-corrected chi connectivity index (χ3v) is 3.54. The first-order chi connectivity index (χ1) is 12.5. The van der Waals surface area contributed by atoms with Crippen LogP contribution in [0.3, 0.4) is 0 Å². The Bertz CT molecular complexity index is 935. The predicted octanol–water partition coefficient (Wildman–Crippen LogP) is 3.12. The van der Waals surface area contributed by atoms with Crippen LogP contribution in [-0.4, -0.2) is 28.3 Å². The van der Waals surface area contributed by atoms with Crippen molar-refractivity contribution in [2.24, 2.45) is 0 Å². The van der Waals surface area contributed by atoms with Gasteiger partial charge < -0.3 is 10.1 Å². The molecule has 3 aromatic rings. The molecule has 1 heterocycles. The molecule has 0 unspecified atom stereocenters. The number of nitrogens with one attached hydrogen (secondary N) is 1. The summed E-state index contributed by atoms with van der Waals surface area (Å²) < 4.78 is 19.6. The number of aryl methyl sites for hydroxylation is 1. The molecule has 0 aliphatic carbocycles.